The van der Waals surface area contributed by atoms with Gasteiger partial charge in [0.1, 0.15) is 10.7 Å². The summed E-state index contributed by atoms with van der Waals surface area (Å²) in [6.45, 7) is 3.00. The zero-order valence-electron chi connectivity index (χ0n) is 11.5. The number of hydrogen-bond acceptors (Lipinski definition) is 4. The van der Waals surface area contributed by atoms with Crippen LogP contribution in [-0.2, 0) is 10.0 Å². The van der Waals surface area contributed by atoms with Crippen molar-refractivity contribution in [2.24, 2.45) is 5.92 Å². The third-order valence-electron chi connectivity index (χ3n) is 3.66. The molecule has 1 N–H and O–H groups in total. The van der Waals surface area contributed by atoms with Crippen molar-refractivity contribution in [3.8, 4) is 0 Å². The van der Waals surface area contributed by atoms with Gasteiger partial charge in [-0.25, -0.2) is 13.4 Å². The molecule has 1 heterocycles. The number of nitrogens with zero attached hydrogens (tertiary/aromatic N) is 2. The van der Waals surface area contributed by atoms with E-state index in [1.54, 1.807) is 29.7 Å². The lowest BCUT2D eigenvalue weighted by molar-refractivity contribution is 0.250. The van der Waals surface area contributed by atoms with Crippen LogP contribution < -0.4 is 5.32 Å². The van der Waals surface area contributed by atoms with E-state index in [1.807, 2.05) is 6.92 Å². The van der Waals surface area contributed by atoms with Crippen LogP contribution in [0.4, 0.5) is 5.82 Å². The summed E-state index contributed by atoms with van der Waals surface area (Å²) in [5, 5.41) is 2.84. The zero-order valence-corrected chi connectivity index (χ0v) is 12.3. The predicted octanol–water partition coefficient (Wildman–Crippen LogP) is 1.93. The molecule has 0 aliphatic heterocycles. The van der Waals surface area contributed by atoms with Crippen molar-refractivity contribution < 1.29 is 8.42 Å². The number of aromatic nitrogens is 1. The summed E-state index contributed by atoms with van der Waals surface area (Å²) in [7, 11) is -1.77. The number of hydrogen-bond donors (Lipinski definition) is 1. The monoisotopic (exact) mass is 283 g/mol. The van der Waals surface area contributed by atoms with E-state index in [2.05, 4.69) is 10.3 Å². The van der Waals surface area contributed by atoms with Gasteiger partial charge in [-0.05, 0) is 30.9 Å². The zero-order chi connectivity index (χ0) is 13.9. The van der Waals surface area contributed by atoms with Gasteiger partial charge in [0, 0.05) is 26.3 Å². The normalized spacial score (nSPS) is 16.4. The molecule has 5 nitrogen and oxygen atoms in total. The standard InChI is InChI=1S/C13H21N3O2S/c1-3-16(10-11-6-4-7-11)19(17,18)12-8-5-9-15-13(12)14-2/h5,8-9,11H,3-4,6-7,10H2,1-2H3,(H,14,15). The fraction of sp³-hybridized carbons (Fsp3) is 0.615. The van der Waals surface area contributed by atoms with Gasteiger partial charge >= 0.3 is 0 Å². The third-order valence-corrected chi connectivity index (χ3v) is 5.64. The fourth-order valence-corrected chi connectivity index (χ4v) is 3.96. The summed E-state index contributed by atoms with van der Waals surface area (Å²) in [6, 6.07) is 3.27. The fourth-order valence-electron chi connectivity index (χ4n) is 2.29. The molecule has 0 saturated heterocycles. The molecule has 0 radical (unpaired) electrons. The van der Waals surface area contributed by atoms with Gasteiger partial charge in [-0.2, -0.15) is 4.31 Å². The summed E-state index contributed by atoms with van der Waals surface area (Å²) in [6.07, 6.45) is 5.08. The Morgan fingerprint density at radius 1 is 1.47 bits per heavy atom. The SMILES string of the molecule is CCN(CC1CCC1)S(=O)(=O)c1cccnc1NC. The van der Waals surface area contributed by atoms with E-state index in [0.717, 1.165) is 12.8 Å². The van der Waals surface area contributed by atoms with E-state index < -0.39 is 10.0 Å². The molecule has 0 atom stereocenters. The number of sulfonamides is 1. The molecule has 1 fully saturated rings. The minimum atomic E-state index is -3.46. The Morgan fingerprint density at radius 3 is 2.74 bits per heavy atom. The van der Waals surface area contributed by atoms with Crippen LogP contribution in [0, 0.1) is 5.92 Å². The van der Waals surface area contributed by atoms with Gasteiger partial charge in [0.2, 0.25) is 10.0 Å². The molecule has 106 valence electrons. The lowest BCUT2D eigenvalue weighted by Gasteiger charge is -2.31. The van der Waals surface area contributed by atoms with Gasteiger partial charge in [0.05, 0.1) is 0 Å². The van der Waals surface area contributed by atoms with Crippen molar-refractivity contribution in [1.29, 1.82) is 0 Å². The van der Waals surface area contributed by atoms with Crippen molar-refractivity contribution in [1.82, 2.24) is 9.29 Å². The quantitative estimate of drug-likeness (QED) is 0.866. The molecule has 0 bridgehead atoms. The van der Waals surface area contributed by atoms with E-state index in [9.17, 15) is 8.42 Å². The van der Waals surface area contributed by atoms with Crippen molar-refractivity contribution in [2.45, 2.75) is 31.1 Å². The van der Waals surface area contributed by atoms with E-state index in [1.165, 1.54) is 6.42 Å². The Hall–Kier alpha value is -1.14. The topological polar surface area (TPSA) is 62.3 Å². The summed E-state index contributed by atoms with van der Waals surface area (Å²) in [4.78, 5) is 4.34. The van der Waals surface area contributed by atoms with Crippen molar-refractivity contribution in [2.75, 3.05) is 25.5 Å². The second kappa shape index (κ2) is 5.88. The van der Waals surface area contributed by atoms with Gasteiger partial charge in [-0.3, -0.25) is 0 Å². The molecule has 1 aliphatic rings. The van der Waals surface area contributed by atoms with Gasteiger partial charge in [-0.1, -0.05) is 13.3 Å². The average Bonchev–Trinajstić information content (AvgIpc) is 2.37. The smallest absolute Gasteiger partial charge is 0.246 e. The van der Waals surface area contributed by atoms with Crippen molar-refractivity contribution in [3.05, 3.63) is 18.3 Å². The van der Waals surface area contributed by atoms with Gasteiger partial charge in [-0.15, -0.1) is 0 Å². The number of rotatable bonds is 6. The molecule has 2 rings (SSSR count). The predicted molar refractivity (Wildman–Crippen MR) is 75.6 cm³/mol. The molecule has 1 saturated carbocycles. The largest absolute Gasteiger partial charge is 0.372 e. The molecular weight excluding hydrogens is 262 g/mol. The maximum Gasteiger partial charge on any atom is 0.246 e. The molecule has 0 unspecified atom stereocenters. The first kappa shape index (κ1) is 14.3. The van der Waals surface area contributed by atoms with Gasteiger partial charge in [0.15, 0.2) is 0 Å². The van der Waals surface area contributed by atoms with Crippen LogP contribution in [0.5, 0.6) is 0 Å². The summed E-state index contributed by atoms with van der Waals surface area (Å²) < 4.78 is 26.9. The van der Waals surface area contributed by atoms with E-state index in [-0.39, 0.29) is 4.90 Å². The Balaban J connectivity index is 2.28. The molecule has 19 heavy (non-hydrogen) atoms. The summed E-state index contributed by atoms with van der Waals surface area (Å²) in [5.41, 5.74) is 0. The number of nitrogens with one attached hydrogen (secondary N) is 1. The van der Waals surface area contributed by atoms with Crippen LogP contribution in [0.3, 0.4) is 0 Å². The lowest BCUT2D eigenvalue weighted by atomic mass is 9.85. The highest BCUT2D eigenvalue weighted by atomic mass is 32.2. The molecule has 0 spiro atoms. The van der Waals surface area contributed by atoms with E-state index in [0.29, 0.717) is 24.8 Å². The second-order valence-electron chi connectivity index (χ2n) is 4.85. The molecule has 1 aliphatic carbocycles. The molecule has 6 heteroatoms. The Morgan fingerprint density at radius 2 is 2.21 bits per heavy atom. The van der Waals surface area contributed by atoms with Crippen LogP contribution in [0.2, 0.25) is 0 Å². The minimum Gasteiger partial charge on any atom is -0.372 e. The third kappa shape index (κ3) is 2.90. The minimum absolute atomic E-state index is 0.263. The van der Waals surface area contributed by atoms with E-state index in [4.69, 9.17) is 0 Å². The van der Waals surface area contributed by atoms with Crippen LogP contribution >= 0.6 is 0 Å². The molecule has 0 aromatic carbocycles. The maximum atomic E-state index is 12.7. The summed E-state index contributed by atoms with van der Waals surface area (Å²) in [5.74, 6) is 0.930. The lowest BCUT2D eigenvalue weighted by Crippen LogP contribution is -2.37. The first-order chi connectivity index (χ1) is 9.09. The van der Waals surface area contributed by atoms with Crippen LogP contribution in [0.1, 0.15) is 26.2 Å². The molecule has 1 aromatic heterocycles. The number of pyridine rings is 1. The number of anilines is 1. The Labute approximate surface area is 115 Å². The van der Waals surface area contributed by atoms with Gasteiger partial charge in [0.25, 0.3) is 0 Å². The van der Waals surface area contributed by atoms with Gasteiger partial charge < -0.3 is 5.32 Å². The highest BCUT2D eigenvalue weighted by molar-refractivity contribution is 7.89. The highest BCUT2D eigenvalue weighted by Gasteiger charge is 2.30. The van der Waals surface area contributed by atoms with Crippen LogP contribution in [0.25, 0.3) is 0 Å². The Kier molecular flexibility index (Phi) is 4.42. The van der Waals surface area contributed by atoms with E-state index >= 15 is 0 Å². The molecule has 1 aromatic rings. The average molecular weight is 283 g/mol. The van der Waals surface area contributed by atoms with Crippen LogP contribution in [-0.4, -0.2) is 37.8 Å². The first-order valence-corrected chi connectivity index (χ1v) is 8.16. The van der Waals surface area contributed by atoms with Crippen molar-refractivity contribution in [3.63, 3.8) is 0 Å². The van der Waals surface area contributed by atoms with Crippen LogP contribution in [0.15, 0.2) is 23.2 Å². The molecule has 0 amide bonds. The second-order valence-corrected chi connectivity index (χ2v) is 6.76. The highest BCUT2D eigenvalue weighted by Crippen LogP contribution is 2.30. The first-order valence-electron chi connectivity index (χ1n) is 6.72. The Bertz CT molecular complexity index is 526. The maximum absolute atomic E-state index is 12.7. The van der Waals surface area contributed by atoms with Crippen molar-refractivity contribution >= 4 is 15.8 Å². The summed E-state index contributed by atoms with van der Waals surface area (Å²) >= 11 is 0. The molecular formula is C13H21N3O2S.